The highest BCUT2D eigenvalue weighted by Gasteiger charge is 2.81. The molecule has 4 amide bonds. The van der Waals surface area contributed by atoms with Crippen molar-refractivity contribution in [3.63, 3.8) is 0 Å². The number of aliphatic hydroxyl groups is 2. The number of fused-ring (bicyclic) bond motifs is 9. The Morgan fingerprint density at radius 1 is 0.643 bits per heavy atom. The van der Waals surface area contributed by atoms with Gasteiger partial charge in [-0.2, -0.15) is 0 Å². The zero-order valence-electron chi connectivity index (χ0n) is 16.2. The van der Waals surface area contributed by atoms with Crippen LogP contribution in [0, 0.1) is 0 Å². The van der Waals surface area contributed by atoms with Gasteiger partial charge >= 0.3 is 23.8 Å². The van der Waals surface area contributed by atoms with Crippen molar-refractivity contribution in [2.24, 2.45) is 0 Å². The molecule has 4 fully saturated rings. The maximum atomic E-state index is 13.4. The van der Waals surface area contributed by atoms with Gasteiger partial charge in [-0.1, -0.05) is 0 Å². The van der Waals surface area contributed by atoms with Crippen molar-refractivity contribution in [3.8, 4) is 0 Å². The summed E-state index contributed by atoms with van der Waals surface area (Å²) in [6.07, 6.45) is 5.15. The summed E-state index contributed by atoms with van der Waals surface area (Å²) in [6.45, 7) is 1.26. The Labute approximate surface area is 164 Å². The van der Waals surface area contributed by atoms with Crippen LogP contribution in [-0.2, 0) is 9.47 Å². The van der Waals surface area contributed by atoms with E-state index in [1.165, 1.54) is 0 Å². The third kappa shape index (κ3) is 2.47. The summed E-state index contributed by atoms with van der Waals surface area (Å²) >= 11 is 0. The standard InChI is InChI=1S/C18H30N4O6/c23-11-13-27-17-18(28-14-12-24,20-8-4-1-3-7-19(17)15(20)25)22-10-6-2-5-9-21(17)16(22)26/h23-24H,1-14H2. The minimum absolute atomic E-state index is 0.0283. The van der Waals surface area contributed by atoms with Gasteiger partial charge in [0.2, 0.25) is 0 Å². The lowest BCUT2D eigenvalue weighted by Crippen LogP contribution is -2.71. The summed E-state index contributed by atoms with van der Waals surface area (Å²) < 4.78 is 12.5. The van der Waals surface area contributed by atoms with Gasteiger partial charge in [-0.25, -0.2) is 9.59 Å². The topological polar surface area (TPSA) is 106 Å². The Morgan fingerprint density at radius 2 is 0.964 bits per heavy atom. The molecule has 4 aliphatic heterocycles. The molecule has 0 unspecified atom stereocenters. The molecule has 0 spiro atoms. The summed E-state index contributed by atoms with van der Waals surface area (Å²) in [7, 11) is 0. The molecule has 4 rings (SSSR count). The van der Waals surface area contributed by atoms with Crippen molar-refractivity contribution < 1.29 is 29.3 Å². The van der Waals surface area contributed by atoms with E-state index in [1.807, 2.05) is 0 Å². The molecular weight excluding hydrogens is 368 g/mol. The predicted octanol–water partition coefficient (Wildman–Crippen LogP) is 0.155. The number of nitrogens with zero attached hydrogens (tertiary/aromatic N) is 4. The number of rotatable bonds is 6. The van der Waals surface area contributed by atoms with E-state index in [0.29, 0.717) is 26.2 Å². The lowest BCUT2D eigenvalue weighted by atomic mass is 10.2. The smallest absolute Gasteiger partial charge is 0.327 e. The first-order chi connectivity index (χ1) is 13.6. The van der Waals surface area contributed by atoms with Crippen LogP contribution in [-0.4, -0.2) is 106 Å². The molecular formula is C18H30N4O6. The fourth-order valence-electron chi connectivity index (χ4n) is 5.10. The highest BCUT2D eigenvalue weighted by molar-refractivity contribution is 5.87. The fourth-order valence-corrected chi connectivity index (χ4v) is 5.10. The Bertz CT molecular complexity index is 533. The van der Waals surface area contributed by atoms with E-state index in [2.05, 4.69) is 0 Å². The van der Waals surface area contributed by atoms with E-state index in [1.54, 1.807) is 19.6 Å². The molecule has 0 aromatic carbocycles. The van der Waals surface area contributed by atoms with Crippen LogP contribution in [0.2, 0.25) is 0 Å². The van der Waals surface area contributed by atoms with Crippen molar-refractivity contribution in [2.75, 3.05) is 52.6 Å². The van der Waals surface area contributed by atoms with Crippen LogP contribution >= 0.6 is 0 Å². The van der Waals surface area contributed by atoms with Gasteiger partial charge < -0.3 is 19.7 Å². The van der Waals surface area contributed by atoms with Crippen molar-refractivity contribution in [2.45, 2.75) is 50.2 Å². The van der Waals surface area contributed by atoms with Gasteiger partial charge in [0, 0.05) is 26.2 Å². The van der Waals surface area contributed by atoms with Gasteiger partial charge in [0.25, 0.3) is 0 Å². The largest absolute Gasteiger partial charge is 0.394 e. The van der Waals surface area contributed by atoms with Crippen LogP contribution in [0.3, 0.4) is 0 Å². The van der Waals surface area contributed by atoms with Crippen molar-refractivity contribution >= 4 is 12.1 Å². The third-order valence-electron chi connectivity index (χ3n) is 6.13. The lowest BCUT2D eigenvalue weighted by molar-refractivity contribution is -0.334. The molecule has 0 atom stereocenters. The molecule has 4 aliphatic rings. The Hall–Kier alpha value is -1.62. The molecule has 2 N–H and O–H groups in total. The summed E-state index contributed by atoms with van der Waals surface area (Å²) in [5.74, 6) is -2.93. The molecule has 10 nitrogen and oxygen atoms in total. The van der Waals surface area contributed by atoms with Crippen LogP contribution in [0.4, 0.5) is 9.59 Å². The third-order valence-corrected chi connectivity index (χ3v) is 6.13. The van der Waals surface area contributed by atoms with Crippen molar-refractivity contribution in [1.82, 2.24) is 19.6 Å². The van der Waals surface area contributed by atoms with E-state index in [4.69, 9.17) is 9.47 Å². The number of urea groups is 2. The first kappa shape index (κ1) is 19.7. The number of hydrogen-bond acceptors (Lipinski definition) is 6. The summed E-state index contributed by atoms with van der Waals surface area (Å²) in [5.41, 5.74) is 0. The van der Waals surface area contributed by atoms with E-state index < -0.39 is 11.7 Å². The average Bonchev–Trinajstić information content (AvgIpc) is 3.03. The summed E-state index contributed by atoms with van der Waals surface area (Å²) in [4.78, 5) is 33.4. The minimum Gasteiger partial charge on any atom is -0.394 e. The maximum Gasteiger partial charge on any atom is 0.327 e. The maximum absolute atomic E-state index is 13.4. The van der Waals surface area contributed by atoms with Gasteiger partial charge in [-0.05, 0) is 38.5 Å². The molecule has 0 saturated carbocycles. The van der Waals surface area contributed by atoms with Gasteiger partial charge in [0.15, 0.2) is 0 Å². The number of hydrogen-bond donors (Lipinski definition) is 2. The number of ether oxygens (including phenoxy) is 2. The van der Waals surface area contributed by atoms with Crippen LogP contribution < -0.4 is 0 Å². The number of carbonyl (C=O) groups is 2. The van der Waals surface area contributed by atoms with Gasteiger partial charge in [0.05, 0.1) is 26.4 Å². The zero-order chi connectivity index (χ0) is 19.8. The minimum atomic E-state index is -1.46. The first-order valence-corrected chi connectivity index (χ1v) is 10.3. The molecule has 4 heterocycles. The molecule has 0 aromatic rings. The molecule has 0 aliphatic carbocycles. The van der Waals surface area contributed by atoms with E-state index >= 15 is 0 Å². The molecule has 0 radical (unpaired) electrons. The van der Waals surface area contributed by atoms with Crippen LogP contribution in [0.15, 0.2) is 0 Å². The number of amides is 4. The summed E-state index contributed by atoms with van der Waals surface area (Å²) in [5, 5.41) is 19.0. The van der Waals surface area contributed by atoms with Gasteiger partial charge in [-0.15, -0.1) is 0 Å². The monoisotopic (exact) mass is 398 g/mol. The lowest BCUT2D eigenvalue weighted by Gasteiger charge is -2.47. The van der Waals surface area contributed by atoms with E-state index in [0.717, 1.165) is 38.5 Å². The zero-order valence-corrected chi connectivity index (χ0v) is 16.2. The second-order valence-corrected chi connectivity index (χ2v) is 7.65. The molecule has 4 bridgehead atoms. The number of carbonyl (C=O) groups excluding carboxylic acids is 2. The predicted molar refractivity (Wildman–Crippen MR) is 96.9 cm³/mol. The van der Waals surface area contributed by atoms with Gasteiger partial charge in [0.1, 0.15) is 0 Å². The summed E-state index contributed by atoms with van der Waals surface area (Å²) in [6, 6.07) is -0.447. The molecule has 28 heavy (non-hydrogen) atoms. The fraction of sp³-hybridized carbons (Fsp3) is 0.889. The van der Waals surface area contributed by atoms with Crippen LogP contribution in [0.25, 0.3) is 0 Å². The second kappa shape index (κ2) is 7.66. The van der Waals surface area contributed by atoms with E-state index in [9.17, 15) is 19.8 Å². The highest BCUT2D eigenvalue weighted by Crippen LogP contribution is 2.54. The van der Waals surface area contributed by atoms with Crippen LogP contribution in [0.1, 0.15) is 38.5 Å². The van der Waals surface area contributed by atoms with Gasteiger partial charge in [-0.3, -0.25) is 19.6 Å². The Morgan fingerprint density at radius 3 is 1.25 bits per heavy atom. The Balaban J connectivity index is 1.92. The van der Waals surface area contributed by atoms with Crippen molar-refractivity contribution in [3.05, 3.63) is 0 Å². The molecule has 158 valence electrons. The molecule has 10 heteroatoms. The van der Waals surface area contributed by atoms with E-state index in [-0.39, 0.29) is 38.5 Å². The quantitative estimate of drug-likeness (QED) is 0.660. The SMILES string of the molecule is O=C1N2CCCCCN1C1(OCCO)N3CCCCCN(C3=O)C21OCCO. The van der Waals surface area contributed by atoms with Crippen molar-refractivity contribution in [1.29, 1.82) is 0 Å². The normalized spacial score (nSPS) is 32.9. The van der Waals surface area contributed by atoms with Crippen LogP contribution in [0.5, 0.6) is 0 Å². The first-order valence-electron chi connectivity index (χ1n) is 10.3. The average molecular weight is 398 g/mol. The molecule has 4 saturated heterocycles. The Kier molecular flexibility index (Phi) is 5.38. The highest BCUT2D eigenvalue weighted by atomic mass is 16.6. The number of aliphatic hydroxyl groups excluding tert-OH is 2. The second-order valence-electron chi connectivity index (χ2n) is 7.65. The molecule has 0 aromatic heterocycles.